The van der Waals surface area contributed by atoms with E-state index in [0.717, 1.165) is 63.8 Å². The zero-order valence-electron chi connectivity index (χ0n) is 14.0. The van der Waals surface area contributed by atoms with E-state index >= 15 is 0 Å². The molecule has 3 aliphatic rings. The molecule has 1 aromatic heterocycles. The minimum atomic E-state index is 0.0743. The SMILES string of the molecule is O=C(C1CN(Cc2nccs2)CC12CCOCC2)N1CCOCC1. The molecular formula is C17H25N3O3S. The van der Waals surface area contributed by atoms with E-state index in [1.54, 1.807) is 11.3 Å². The van der Waals surface area contributed by atoms with Crippen LogP contribution < -0.4 is 0 Å². The van der Waals surface area contributed by atoms with Gasteiger partial charge in [-0.15, -0.1) is 11.3 Å². The maximum atomic E-state index is 13.2. The summed E-state index contributed by atoms with van der Waals surface area (Å²) in [5, 5.41) is 3.16. The van der Waals surface area contributed by atoms with Gasteiger partial charge in [0.1, 0.15) is 5.01 Å². The molecule has 0 bridgehead atoms. The third-order valence-corrected chi connectivity index (χ3v) is 6.43. The third kappa shape index (κ3) is 3.22. The van der Waals surface area contributed by atoms with E-state index in [0.29, 0.717) is 19.1 Å². The maximum Gasteiger partial charge on any atom is 0.227 e. The molecule has 6 nitrogen and oxygen atoms in total. The first-order valence-electron chi connectivity index (χ1n) is 8.82. The van der Waals surface area contributed by atoms with E-state index in [2.05, 4.69) is 9.88 Å². The summed E-state index contributed by atoms with van der Waals surface area (Å²) >= 11 is 1.69. The number of hydrogen-bond acceptors (Lipinski definition) is 6. The molecule has 24 heavy (non-hydrogen) atoms. The van der Waals surface area contributed by atoms with E-state index in [9.17, 15) is 4.79 Å². The van der Waals surface area contributed by atoms with Crippen molar-refractivity contribution < 1.29 is 14.3 Å². The topological polar surface area (TPSA) is 54.9 Å². The van der Waals surface area contributed by atoms with Gasteiger partial charge in [0.25, 0.3) is 0 Å². The molecule has 1 aromatic rings. The van der Waals surface area contributed by atoms with Crippen LogP contribution in [0.3, 0.4) is 0 Å². The Labute approximate surface area is 146 Å². The number of ether oxygens (including phenoxy) is 2. The average molecular weight is 351 g/mol. The Hall–Kier alpha value is -1.02. The number of amides is 1. The summed E-state index contributed by atoms with van der Waals surface area (Å²) < 4.78 is 11.0. The monoisotopic (exact) mass is 351 g/mol. The van der Waals surface area contributed by atoms with Gasteiger partial charge in [-0.3, -0.25) is 9.69 Å². The van der Waals surface area contributed by atoms with Gasteiger partial charge in [-0.2, -0.15) is 0 Å². The van der Waals surface area contributed by atoms with Crippen LogP contribution in [0.4, 0.5) is 0 Å². The minimum Gasteiger partial charge on any atom is -0.381 e. The van der Waals surface area contributed by atoms with Crippen LogP contribution in [0.25, 0.3) is 0 Å². The van der Waals surface area contributed by atoms with Crippen LogP contribution in [0, 0.1) is 11.3 Å². The smallest absolute Gasteiger partial charge is 0.227 e. The summed E-state index contributed by atoms with van der Waals surface area (Å²) in [5.74, 6) is 0.404. The van der Waals surface area contributed by atoms with Gasteiger partial charge in [0.05, 0.1) is 25.7 Å². The van der Waals surface area contributed by atoms with Crippen LogP contribution >= 0.6 is 11.3 Å². The second kappa shape index (κ2) is 7.07. The lowest BCUT2D eigenvalue weighted by Gasteiger charge is -2.40. The van der Waals surface area contributed by atoms with Gasteiger partial charge >= 0.3 is 0 Å². The van der Waals surface area contributed by atoms with Gasteiger partial charge < -0.3 is 14.4 Å². The molecule has 4 rings (SSSR count). The highest BCUT2D eigenvalue weighted by Gasteiger charge is 2.51. The van der Waals surface area contributed by atoms with Gasteiger partial charge in [0, 0.05) is 56.4 Å². The fourth-order valence-corrected chi connectivity index (χ4v) is 5.00. The summed E-state index contributed by atoms with van der Waals surface area (Å²) in [7, 11) is 0. The Balaban J connectivity index is 1.51. The Kier molecular flexibility index (Phi) is 4.85. The van der Waals surface area contributed by atoms with Crippen LogP contribution in [0.1, 0.15) is 17.8 Å². The van der Waals surface area contributed by atoms with Crippen LogP contribution in [0.2, 0.25) is 0 Å². The standard InChI is InChI=1S/C17H25N3O3S/c21-16(20-4-8-23-9-5-20)14-11-19(12-15-18-3-10-24-15)13-17(14)1-6-22-7-2-17/h3,10,14H,1-2,4-9,11-13H2. The second-order valence-corrected chi connectivity index (χ2v) is 8.04. The highest BCUT2D eigenvalue weighted by molar-refractivity contribution is 7.09. The molecule has 1 unspecified atom stereocenters. The molecule has 0 aromatic carbocycles. The minimum absolute atomic E-state index is 0.0743. The van der Waals surface area contributed by atoms with Gasteiger partial charge in [0.15, 0.2) is 0 Å². The molecule has 7 heteroatoms. The summed E-state index contributed by atoms with van der Waals surface area (Å²) in [6, 6.07) is 0. The van der Waals surface area contributed by atoms with Crippen molar-refractivity contribution in [2.75, 3.05) is 52.6 Å². The second-order valence-electron chi connectivity index (χ2n) is 7.06. The van der Waals surface area contributed by atoms with Gasteiger partial charge in [-0.05, 0) is 12.8 Å². The molecule has 3 saturated heterocycles. The maximum absolute atomic E-state index is 13.2. The lowest BCUT2D eigenvalue weighted by molar-refractivity contribution is -0.144. The fourth-order valence-electron chi connectivity index (χ4n) is 4.34. The zero-order chi connectivity index (χ0) is 16.4. The molecule has 0 saturated carbocycles. The molecule has 3 fully saturated rings. The van der Waals surface area contributed by atoms with Gasteiger partial charge in [-0.25, -0.2) is 4.98 Å². The number of likely N-dealkylation sites (tertiary alicyclic amines) is 1. The third-order valence-electron chi connectivity index (χ3n) is 5.67. The van der Waals surface area contributed by atoms with Crippen molar-refractivity contribution in [1.82, 2.24) is 14.8 Å². The molecule has 132 valence electrons. The normalized spacial score (nSPS) is 27.7. The molecule has 0 aliphatic carbocycles. The molecule has 4 heterocycles. The Morgan fingerprint density at radius 1 is 1.25 bits per heavy atom. The Morgan fingerprint density at radius 2 is 2.00 bits per heavy atom. The number of morpholine rings is 1. The van der Waals surface area contributed by atoms with Gasteiger partial charge in [0.2, 0.25) is 5.91 Å². The molecule has 0 N–H and O–H groups in total. The van der Waals surface area contributed by atoms with E-state index in [1.807, 2.05) is 16.5 Å². The summed E-state index contributed by atoms with van der Waals surface area (Å²) in [5.41, 5.74) is 0.0743. The van der Waals surface area contributed by atoms with Crippen molar-refractivity contribution >= 4 is 17.2 Å². The summed E-state index contributed by atoms with van der Waals surface area (Å²) in [6.07, 6.45) is 3.83. The predicted octanol–water partition coefficient (Wildman–Crippen LogP) is 1.23. The first-order chi connectivity index (χ1) is 11.8. The van der Waals surface area contributed by atoms with Crippen LogP contribution in [-0.2, 0) is 20.8 Å². The van der Waals surface area contributed by atoms with Crippen molar-refractivity contribution in [3.8, 4) is 0 Å². The first-order valence-corrected chi connectivity index (χ1v) is 9.70. The van der Waals surface area contributed by atoms with Crippen molar-refractivity contribution in [2.45, 2.75) is 19.4 Å². The number of rotatable bonds is 3. The number of aromatic nitrogens is 1. The number of hydrogen-bond donors (Lipinski definition) is 0. The number of nitrogens with zero attached hydrogens (tertiary/aromatic N) is 3. The van der Waals surface area contributed by atoms with E-state index < -0.39 is 0 Å². The average Bonchev–Trinajstić information content (AvgIpc) is 3.24. The molecule has 3 aliphatic heterocycles. The zero-order valence-corrected chi connectivity index (χ0v) is 14.8. The van der Waals surface area contributed by atoms with E-state index in [4.69, 9.17) is 9.47 Å². The predicted molar refractivity (Wildman–Crippen MR) is 90.8 cm³/mol. The highest BCUT2D eigenvalue weighted by atomic mass is 32.1. The number of thiazole rings is 1. The van der Waals surface area contributed by atoms with Crippen molar-refractivity contribution in [1.29, 1.82) is 0 Å². The first kappa shape index (κ1) is 16.4. The van der Waals surface area contributed by atoms with E-state index in [1.165, 1.54) is 0 Å². The van der Waals surface area contributed by atoms with Crippen molar-refractivity contribution in [3.05, 3.63) is 16.6 Å². The Bertz CT molecular complexity index is 553. The highest BCUT2D eigenvalue weighted by Crippen LogP contribution is 2.45. The van der Waals surface area contributed by atoms with Crippen molar-refractivity contribution in [3.63, 3.8) is 0 Å². The fraction of sp³-hybridized carbons (Fsp3) is 0.765. The van der Waals surface area contributed by atoms with Gasteiger partial charge in [-0.1, -0.05) is 0 Å². The summed E-state index contributed by atoms with van der Waals surface area (Å²) in [6.45, 7) is 7.02. The lowest BCUT2D eigenvalue weighted by Crippen LogP contribution is -2.49. The number of carbonyl (C=O) groups excluding carboxylic acids is 1. The number of carbonyl (C=O) groups is 1. The molecule has 1 amide bonds. The largest absolute Gasteiger partial charge is 0.381 e. The molecule has 0 radical (unpaired) electrons. The van der Waals surface area contributed by atoms with Crippen LogP contribution in [0.15, 0.2) is 11.6 Å². The Morgan fingerprint density at radius 3 is 2.71 bits per heavy atom. The lowest BCUT2D eigenvalue weighted by atomic mass is 9.71. The van der Waals surface area contributed by atoms with Crippen molar-refractivity contribution in [2.24, 2.45) is 11.3 Å². The summed E-state index contributed by atoms with van der Waals surface area (Å²) in [4.78, 5) is 22.1. The molecule has 1 spiro atoms. The van der Waals surface area contributed by atoms with E-state index in [-0.39, 0.29) is 11.3 Å². The molecular weight excluding hydrogens is 326 g/mol. The van der Waals surface area contributed by atoms with Crippen LogP contribution in [-0.4, -0.2) is 73.3 Å². The van der Waals surface area contributed by atoms with Crippen LogP contribution in [0.5, 0.6) is 0 Å². The quantitative estimate of drug-likeness (QED) is 0.820. The molecule has 1 atom stereocenters.